The largest absolute Gasteiger partial charge is 0.345 e. The second-order valence-electron chi connectivity index (χ2n) is 7.15. The van der Waals surface area contributed by atoms with Crippen molar-refractivity contribution in [1.29, 1.82) is 5.26 Å². The van der Waals surface area contributed by atoms with Gasteiger partial charge in [0.1, 0.15) is 6.07 Å². The van der Waals surface area contributed by atoms with Gasteiger partial charge in [-0.05, 0) is 18.9 Å². The minimum absolute atomic E-state index is 0.285. The van der Waals surface area contributed by atoms with E-state index in [0.717, 1.165) is 42.0 Å². The maximum atomic E-state index is 8.82. The van der Waals surface area contributed by atoms with E-state index in [9.17, 15) is 0 Å². The zero-order valence-corrected chi connectivity index (χ0v) is 15.9. The number of aromatic amines is 1. The van der Waals surface area contributed by atoms with E-state index >= 15 is 0 Å². The molecule has 1 aliphatic heterocycles. The molecule has 1 saturated heterocycles. The molecule has 0 spiro atoms. The molecule has 0 aliphatic carbocycles. The van der Waals surface area contributed by atoms with E-state index in [2.05, 4.69) is 41.2 Å². The van der Waals surface area contributed by atoms with Crippen LogP contribution in [0, 0.1) is 17.2 Å². The lowest BCUT2D eigenvalue weighted by Gasteiger charge is -2.24. The number of hydrogen-bond acceptors (Lipinski definition) is 7. The first-order chi connectivity index (χ1) is 14.3. The second-order valence-corrected chi connectivity index (χ2v) is 7.15. The molecule has 1 aliphatic rings. The molecule has 0 bridgehead atoms. The van der Waals surface area contributed by atoms with Crippen molar-refractivity contribution in [3.05, 3.63) is 42.7 Å². The fourth-order valence-corrected chi connectivity index (χ4v) is 3.98. The smallest absolute Gasteiger partial charge is 0.211 e. The number of fused-ring (bicyclic) bond motifs is 3. The minimum atomic E-state index is 0.285. The third-order valence-electron chi connectivity index (χ3n) is 5.39. The SMILES string of the molecule is CCC1CC(C=Nc2cnc(C#N)cn2)CN1c1ncc2cnc3[nH]ccc3n12. The summed E-state index contributed by atoms with van der Waals surface area (Å²) >= 11 is 0. The van der Waals surface area contributed by atoms with Crippen LogP contribution in [-0.4, -0.2) is 48.1 Å². The van der Waals surface area contributed by atoms with Gasteiger partial charge in [-0.15, -0.1) is 0 Å². The van der Waals surface area contributed by atoms with Gasteiger partial charge >= 0.3 is 0 Å². The molecule has 9 heteroatoms. The van der Waals surface area contributed by atoms with E-state index in [1.807, 2.05) is 36.9 Å². The summed E-state index contributed by atoms with van der Waals surface area (Å²) in [5.41, 5.74) is 3.14. The second kappa shape index (κ2) is 6.98. The molecule has 0 saturated carbocycles. The van der Waals surface area contributed by atoms with Gasteiger partial charge in [-0.25, -0.2) is 24.9 Å². The van der Waals surface area contributed by atoms with Crippen molar-refractivity contribution in [3.8, 4) is 6.07 Å². The quantitative estimate of drug-likeness (QED) is 0.541. The first kappa shape index (κ1) is 17.3. The predicted octanol–water partition coefficient (Wildman–Crippen LogP) is 2.88. The zero-order chi connectivity index (χ0) is 19.8. The first-order valence-electron chi connectivity index (χ1n) is 9.59. The van der Waals surface area contributed by atoms with Gasteiger partial charge in [0.05, 0.1) is 35.8 Å². The van der Waals surface area contributed by atoms with E-state index < -0.39 is 0 Å². The van der Waals surface area contributed by atoms with Gasteiger partial charge in [-0.2, -0.15) is 5.26 Å². The molecule has 0 radical (unpaired) electrons. The van der Waals surface area contributed by atoms with Crippen LogP contribution in [0.5, 0.6) is 0 Å². The minimum Gasteiger partial charge on any atom is -0.345 e. The number of nitrogens with one attached hydrogen (secondary N) is 1. The lowest BCUT2D eigenvalue weighted by molar-refractivity contribution is 0.622. The van der Waals surface area contributed by atoms with Crippen molar-refractivity contribution in [2.75, 3.05) is 11.4 Å². The Morgan fingerprint density at radius 2 is 2.14 bits per heavy atom. The average molecular weight is 385 g/mol. The number of aromatic nitrogens is 6. The number of hydrogen-bond donors (Lipinski definition) is 1. The van der Waals surface area contributed by atoms with Gasteiger partial charge in [0.15, 0.2) is 17.2 Å². The van der Waals surface area contributed by atoms with Crippen molar-refractivity contribution in [3.63, 3.8) is 0 Å². The third kappa shape index (κ3) is 2.99. The summed E-state index contributed by atoms with van der Waals surface area (Å²) in [6, 6.07) is 4.37. The summed E-state index contributed by atoms with van der Waals surface area (Å²) in [6.07, 6.45) is 12.5. The van der Waals surface area contributed by atoms with Crippen LogP contribution in [0.15, 0.2) is 42.0 Å². The topological polar surface area (TPSA) is 111 Å². The van der Waals surface area contributed by atoms with Crippen LogP contribution in [0.1, 0.15) is 25.5 Å². The highest BCUT2D eigenvalue weighted by atomic mass is 15.3. The van der Waals surface area contributed by atoms with Gasteiger partial charge in [-0.3, -0.25) is 4.40 Å². The van der Waals surface area contributed by atoms with Crippen LogP contribution < -0.4 is 4.90 Å². The molecular weight excluding hydrogens is 366 g/mol. The Bertz CT molecular complexity index is 1230. The molecule has 1 N–H and O–H groups in total. The number of anilines is 1. The maximum absolute atomic E-state index is 8.82. The molecule has 4 aromatic rings. The Hall–Kier alpha value is -3.80. The van der Waals surface area contributed by atoms with Crippen LogP contribution in [0.25, 0.3) is 16.7 Å². The predicted molar refractivity (Wildman–Crippen MR) is 109 cm³/mol. The van der Waals surface area contributed by atoms with Crippen molar-refractivity contribution in [1.82, 2.24) is 29.3 Å². The highest BCUT2D eigenvalue weighted by Crippen LogP contribution is 2.31. The van der Waals surface area contributed by atoms with E-state index in [0.29, 0.717) is 17.6 Å². The van der Waals surface area contributed by atoms with Crippen LogP contribution in [-0.2, 0) is 0 Å². The Balaban J connectivity index is 1.44. The molecule has 5 heterocycles. The Morgan fingerprint density at radius 1 is 1.24 bits per heavy atom. The average Bonchev–Trinajstić information content (AvgIpc) is 3.48. The number of rotatable bonds is 4. The normalized spacial score (nSPS) is 19.5. The molecular formula is C20H19N9. The van der Waals surface area contributed by atoms with E-state index in [1.165, 1.54) is 12.4 Å². The van der Waals surface area contributed by atoms with E-state index in [4.69, 9.17) is 10.2 Å². The summed E-state index contributed by atoms with van der Waals surface area (Å²) in [5.74, 6) is 1.74. The number of aliphatic imine (C=N–C) groups is 1. The summed E-state index contributed by atoms with van der Waals surface area (Å²) in [5, 5.41) is 8.82. The highest BCUT2D eigenvalue weighted by molar-refractivity contribution is 5.77. The molecule has 1 fully saturated rings. The molecule has 29 heavy (non-hydrogen) atoms. The fourth-order valence-electron chi connectivity index (χ4n) is 3.98. The molecule has 5 rings (SSSR count). The summed E-state index contributed by atoms with van der Waals surface area (Å²) < 4.78 is 2.16. The van der Waals surface area contributed by atoms with E-state index in [1.54, 1.807) is 0 Å². The number of imidazole rings is 1. The standard InChI is InChI=1S/C20H19N9/c1-2-15-5-13(7-24-18-11-23-14(6-21)8-25-18)12-28(15)20-27-10-16-9-26-19-17(29(16)20)3-4-22-19/h3-4,7-11,13,15,22H,2,5,12H2,1H3. The monoisotopic (exact) mass is 385 g/mol. The first-order valence-corrected chi connectivity index (χ1v) is 9.59. The lowest BCUT2D eigenvalue weighted by Crippen LogP contribution is -2.30. The Kier molecular flexibility index (Phi) is 4.17. The van der Waals surface area contributed by atoms with Gasteiger partial charge < -0.3 is 9.88 Å². The van der Waals surface area contributed by atoms with Gasteiger partial charge in [0, 0.05) is 30.9 Å². The molecule has 4 aromatic heterocycles. The van der Waals surface area contributed by atoms with Crippen molar-refractivity contribution in [2.45, 2.75) is 25.8 Å². The molecule has 2 atom stereocenters. The number of H-pyrrole nitrogens is 1. The van der Waals surface area contributed by atoms with Crippen LogP contribution in [0.3, 0.4) is 0 Å². The molecule has 0 amide bonds. The lowest BCUT2D eigenvalue weighted by atomic mass is 10.1. The van der Waals surface area contributed by atoms with Gasteiger partial charge in [-0.1, -0.05) is 6.92 Å². The molecule has 144 valence electrons. The fraction of sp³-hybridized carbons (Fsp3) is 0.300. The van der Waals surface area contributed by atoms with Crippen LogP contribution in [0.2, 0.25) is 0 Å². The molecule has 0 aromatic carbocycles. The maximum Gasteiger partial charge on any atom is 0.211 e. The van der Waals surface area contributed by atoms with Crippen molar-refractivity contribution < 1.29 is 0 Å². The van der Waals surface area contributed by atoms with Crippen molar-refractivity contribution >= 4 is 34.7 Å². The number of nitriles is 1. The highest BCUT2D eigenvalue weighted by Gasteiger charge is 2.32. The summed E-state index contributed by atoms with van der Waals surface area (Å²) in [7, 11) is 0. The zero-order valence-electron chi connectivity index (χ0n) is 15.9. The molecule has 9 nitrogen and oxygen atoms in total. The molecule has 2 unspecified atom stereocenters. The summed E-state index contributed by atoms with van der Waals surface area (Å²) in [4.78, 5) is 27.4. The Morgan fingerprint density at radius 3 is 2.93 bits per heavy atom. The van der Waals surface area contributed by atoms with Gasteiger partial charge in [0.25, 0.3) is 0 Å². The van der Waals surface area contributed by atoms with Crippen molar-refractivity contribution in [2.24, 2.45) is 10.9 Å². The Labute approximate surface area is 166 Å². The van der Waals surface area contributed by atoms with Crippen LogP contribution >= 0.6 is 0 Å². The van der Waals surface area contributed by atoms with Crippen LogP contribution in [0.4, 0.5) is 11.8 Å². The van der Waals surface area contributed by atoms with E-state index in [-0.39, 0.29) is 5.92 Å². The van der Waals surface area contributed by atoms with Gasteiger partial charge in [0.2, 0.25) is 5.95 Å². The number of nitrogens with zero attached hydrogens (tertiary/aromatic N) is 8. The summed E-state index contributed by atoms with van der Waals surface area (Å²) in [6.45, 7) is 3.03. The third-order valence-corrected chi connectivity index (χ3v) is 5.39.